The fraction of sp³-hybridized carbons (Fsp3) is 0.750. The van der Waals surface area contributed by atoms with Crippen molar-refractivity contribution in [1.29, 1.82) is 0 Å². The van der Waals surface area contributed by atoms with Gasteiger partial charge in [-0.25, -0.2) is 4.98 Å². The Hall–Kier alpha value is -0.410. The van der Waals surface area contributed by atoms with Crippen LogP contribution in [0.25, 0.3) is 0 Å². The van der Waals surface area contributed by atoms with E-state index in [2.05, 4.69) is 38.0 Å². The van der Waals surface area contributed by atoms with Crippen molar-refractivity contribution in [3.8, 4) is 0 Å². The standard InChI is InChI=1S/C12H20N2S/c1-8(2)12(6-13-7-12)5-11-14-9(3)10(4)15-11/h8,13H,5-7H2,1-4H3. The van der Waals surface area contributed by atoms with Gasteiger partial charge in [-0.1, -0.05) is 13.8 Å². The zero-order valence-corrected chi connectivity index (χ0v) is 10.9. The number of thiazole rings is 1. The lowest BCUT2D eigenvalue weighted by atomic mass is 9.70. The van der Waals surface area contributed by atoms with Crippen molar-refractivity contribution in [2.75, 3.05) is 13.1 Å². The fourth-order valence-electron chi connectivity index (χ4n) is 2.10. The first kappa shape index (κ1) is 11.1. The second-order valence-electron chi connectivity index (χ2n) is 5.05. The van der Waals surface area contributed by atoms with Gasteiger partial charge in [-0.15, -0.1) is 11.3 Å². The van der Waals surface area contributed by atoms with E-state index in [9.17, 15) is 0 Å². The summed E-state index contributed by atoms with van der Waals surface area (Å²) >= 11 is 1.87. The van der Waals surface area contributed by atoms with Crippen LogP contribution in [0.4, 0.5) is 0 Å². The zero-order chi connectivity index (χ0) is 11.1. The third-order valence-corrected chi connectivity index (χ3v) is 4.83. The van der Waals surface area contributed by atoms with Crippen molar-refractivity contribution < 1.29 is 0 Å². The summed E-state index contributed by atoms with van der Waals surface area (Å²) in [4.78, 5) is 6.02. The number of aryl methyl sites for hydroxylation is 2. The predicted octanol–water partition coefficient (Wildman–Crippen LogP) is 2.55. The number of nitrogens with one attached hydrogen (secondary N) is 1. The lowest BCUT2D eigenvalue weighted by molar-refractivity contribution is 0.0993. The minimum atomic E-state index is 0.469. The van der Waals surface area contributed by atoms with E-state index in [0.717, 1.165) is 25.4 Å². The average Bonchev–Trinajstić information content (AvgIpc) is 2.38. The van der Waals surface area contributed by atoms with Gasteiger partial charge in [0, 0.05) is 29.8 Å². The molecule has 0 spiro atoms. The molecule has 0 radical (unpaired) electrons. The molecule has 2 rings (SSSR count). The van der Waals surface area contributed by atoms with Crippen LogP contribution in [0.1, 0.15) is 29.4 Å². The molecule has 1 N–H and O–H groups in total. The minimum Gasteiger partial charge on any atom is -0.315 e. The van der Waals surface area contributed by atoms with E-state index < -0.39 is 0 Å². The van der Waals surface area contributed by atoms with Gasteiger partial charge in [0.05, 0.1) is 10.7 Å². The van der Waals surface area contributed by atoms with E-state index in [1.54, 1.807) is 0 Å². The highest BCUT2D eigenvalue weighted by molar-refractivity contribution is 7.11. The number of nitrogens with zero attached hydrogens (tertiary/aromatic N) is 1. The first-order valence-corrected chi connectivity index (χ1v) is 6.49. The Balaban J connectivity index is 2.13. The summed E-state index contributed by atoms with van der Waals surface area (Å²) in [5, 5.41) is 4.72. The summed E-state index contributed by atoms with van der Waals surface area (Å²) in [6, 6.07) is 0. The van der Waals surface area contributed by atoms with Gasteiger partial charge in [0.1, 0.15) is 0 Å². The predicted molar refractivity (Wildman–Crippen MR) is 65.4 cm³/mol. The molecule has 1 aliphatic heterocycles. The summed E-state index contributed by atoms with van der Waals surface area (Å²) in [5.74, 6) is 0.739. The van der Waals surface area contributed by atoms with Crippen LogP contribution in [-0.4, -0.2) is 18.1 Å². The largest absolute Gasteiger partial charge is 0.315 e. The highest BCUT2D eigenvalue weighted by Gasteiger charge is 2.40. The van der Waals surface area contributed by atoms with Crippen LogP contribution in [0.5, 0.6) is 0 Å². The van der Waals surface area contributed by atoms with Crippen molar-refractivity contribution >= 4 is 11.3 Å². The molecule has 84 valence electrons. The molecular formula is C12H20N2S. The first-order chi connectivity index (χ1) is 7.03. The molecule has 0 atom stereocenters. The maximum absolute atomic E-state index is 4.65. The Morgan fingerprint density at radius 2 is 2.07 bits per heavy atom. The van der Waals surface area contributed by atoms with Gasteiger partial charge in [0.15, 0.2) is 0 Å². The second-order valence-corrected chi connectivity index (χ2v) is 6.33. The maximum Gasteiger partial charge on any atom is 0.0937 e. The van der Waals surface area contributed by atoms with Gasteiger partial charge in [0.25, 0.3) is 0 Å². The van der Waals surface area contributed by atoms with Crippen molar-refractivity contribution in [1.82, 2.24) is 10.3 Å². The molecule has 0 bridgehead atoms. The normalized spacial score (nSPS) is 19.3. The van der Waals surface area contributed by atoms with Crippen LogP contribution in [0.15, 0.2) is 0 Å². The summed E-state index contributed by atoms with van der Waals surface area (Å²) in [7, 11) is 0. The molecule has 0 amide bonds. The maximum atomic E-state index is 4.65. The quantitative estimate of drug-likeness (QED) is 0.853. The van der Waals surface area contributed by atoms with Gasteiger partial charge in [-0.05, 0) is 19.8 Å². The average molecular weight is 224 g/mol. The molecule has 1 aliphatic rings. The summed E-state index contributed by atoms with van der Waals surface area (Å²) < 4.78 is 0. The SMILES string of the molecule is Cc1nc(CC2(C(C)C)CNC2)sc1C. The molecule has 1 aromatic heterocycles. The minimum absolute atomic E-state index is 0.469. The molecule has 0 unspecified atom stereocenters. The molecule has 1 saturated heterocycles. The summed E-state index contributed by atoms with van der Waals surface area (Å²) in [6.07, 6.45) is 1.15. The number of aromatic nitrogens is 1. The molecule has 0 aromatic carbocycles. The highest BCUT2D eigenvalue weighted by Crippen LogP contribution is 2.36. The Morgan fingerprint density at radius 3 is 2.40 bits per heavy atom. The summed E-state index contributed by atoms with van der Waals surface area (Å²) in [5.41, 5.74) is 1.68. The molecule has 1 aromatic rings. The van der Waals surface area contributed by atoms with Gasteiger partial charge >= 0.3 is 0 Å². The van der Waals surface area contributed by atoms with E-state index in [0.29, 0.717) is 5.41 Å². The van der Waals surface area contributed by atoms with E-state index in [1.165, 1.54) is 15.6 Å². The Kier molecular flexibility index (Phi) is 2.86. The smallest absolute Gasteiger partial charge is 0.0937 e. The van der Waals surface area contributed by atoms with E-state index >= 15 is 0 Å². The topological polar surface area (TPSA) is 24.9 Å². The van der Waals surface area contributed by atoms with Crippen molar-refractivity contribution in [2.45, 2.75) is 34.1 Å². The van der Waals surface area contributed by atoms with Crippen LogP contribution in [0.3, 0.4) is 0 Å². The first-order valence-electron chi connectivity index (χ1n) is 5.67. The van der Waals surface area contributed by atoms with Crippen LogP contribution in [0.2, 0.25) is 0 Å². The Morgan fingerprint density at radius 1 is 1.40 bits per heavy atom. The van der Waals surface area contributed by atoms with Gasteiger partial charge in [0.2, 0.25) is 0 Å². The van der Waals surface area contributed by atoms with Gasteiger partial charge in [-0.2, -0.15) is 0 Å². The van der Waals surface area contributed by atoms with Crippen LogP contribution in [-0.2, 0) is 6.42 Å². The van der Waals surface area contributed by atoms with Crippen molar-refractivity contribution in [3.05, 3.63) is 15.6 Å². The monoisotopic (exact) mass is 224 g/mol. The Bertz CT molecular complexity index is 331. The highest BCUT2D eigenvalue weighted by atomic mass is 32.1. The molecule has 3 heteroatoms. The van der Waals surface area contributed by atoms with E-state index in [-0.39, 0.29) is 0 Å². The number of rotatable bonds is 3. The fourth-order valence-corrected chi connectivity index (χ4v) is 3.19. The third kappa shape index (κ3) is 1.95. The lowest BCUT2D eigenvalue weighted by Gasteiger charge is -2.45. The van der Waals surface area contributed by atoms with Gasteiger partial charge < -0.3 is 5.32 Å². The number of hydrogen-bond donors (Lipinski definition) is 1. The van der Waals surface area contributed by atoms with E-state index in [1.807, 2.05) is 11.3 Å². The molecule has 1 fully saturated rings. The number of hydrogen-bond acceptors (Lipinski definition) is 3. The van der Waals surface area contributed by atoms with Crippen molar-refractivity contribution in [3.63, 3.8) is 0 Å². The molecule has 2 nitrogen and oxygen atoms in total. The van der Waals surface area contributed by atoms with E-state index in [4.69, 9.17) is 0 Å². The summed E-state index contributed by atoms with van der Waals surface area (Å²) in [6.45, 7) is 11.2. The molecular weight excluding hydrogens is 204 g/mol. The molecule has 0 aliphatic carbocycles. The van der Waals surface area contributed by atoms with Crippen LogP contribution in [0, 0.1) is 25.2 Å². The lowest BCUT2D eigenvalue weighted by Crippen LogP contribution is -2.57. The molecule has 0 saturated carbocycles. The van der Waals surface area contributed by atoms with Crippen LogP contribution < -0.4 is 5.32 Å². The van der Waals surface area contributed by atoms with Gasteiger partial charge in [-0.3, -0.25) is 0 Å². The second kappa shape index (κ2) is 3.87. The zero-order valence-electron chi connectivity index (χ0n) is 10.1. The Labute approximate surface area is 96.1 Å². The molecule has 15 heavy (non-hydrogen) atoms. The third-order valence-electron chi connectivity index (χ3n) is 3.75. The van der Waals surface area contributed by atoms with Crippen LogP contribution >= 0.6 is 11.3 Å². The molecule has 2 heterocycles. The van der Waals surface area contributed by atoms with Crippen molar-refractivity contribution in [2.24, 2.45) is 11.3 Å².